The molecule has 8 nitrogen and oxygen atoms in total. The number of carbonyl (C=O) groups excluding carboxylic acids is 2. The van der Waals surface area contributed by atoms with Crippen LogP contribution in [0.4, 0.5) is 19.2 Å². The molecular formula is C34H37ClF3N3O5. The van der Waals surface area contributed by atoms with Gasteiger partial charge in [0.2, 0.25) is 0 Å². The minimum absolute atomic E-state index is 0. The molecule has 4 aromatic rings. The van der Waals surface area contributed by atoms with Crippen LogP contribution < -0.4 is 10.2 Å². The molecule has 6 rings (SSSR count). The Labute approximate surface area is 271 Å². The molecule has 1 N–H and O–H groups in total. The predicted octanol–water partition coefficient (Wildman–Crippen LogP) is 7.24. The molecule has 12 heteroatoms. The third kappa shape index (κ3) is 9.46. The molecule has 2 atom stereocenters. The fraction of sp³-hybridized carbons (Fsp3) is 0.382. The number of piperidine rings is 2. The smallest absolute Gasteiger partial charge is 0.416 e. The minimum atomic E-state index is -4.46. The molecule has 0 bridgehead atoms. The zero-order valence-corrected chi connectivity index (χ0v) is 26.0. The first kappa shape index (κ1) is 34.8. The molecule has 0 unspecified atom stereocenters. The fourth-order valence-electron chi connectivity index (χ4n) is 5.33. The van der Waals surface area contributed by atoms with Crippen LogP contribution in [0.5, 0.6) is 0 Å². The van der Waals surface area contributed by atoms with Crippen molar-refractivity contribution in [3.05, 3.63) is 95.6 Å². The molecule has 3 aromatic carbocycles. The lowest BCUT2D eigenvalue weighted by Gasteiger charge is -2.32. The molecule has 3 heterocycles. The number of nitrogens with zero attached hydrogens (tertiary/aromatic N) is 2. The molecule has 0 radical (unpaired) electrons. The zero-order valence-electron chi connectivity index (χ0n) is 25.2. The van der Waals surface area contributed by atoms with Crippen LogP contribution in [0.2, 0.25) is 0 Å². The van der Waals surface area contributed by atoms with Gasteiger partial charge in [0.15, 0.2) is 5.58 Å². The van der Waals surface area contributed by atoms with Crippen molar-refractivity contribution in [3.63, 3.8) is 0 Å². The van der Waals surface area contributed by atoms with Gasteiger partial charge in [-0.2, -0.15) is 18.2 Å². The number of hydrogen-bond acceptors (Lipinski definition) is 8. The summed E-state index contributed by atoms with van der Waals surface area (Å²) in [7, 11) is 0. The van der Waals surface area contributed by atoms with Gasteiger partial charge in [-0.15, -0.1) is 12.4 Å². The molecule has 246 valence electrons. The molecule has 1 aromatic heterocycles. The number of rotatable bonds is 7. The van der Waals surface area contributed by atoms with Crippen molar-refractivity contribution in [2.75, 3.05) is 18.0 Å². The number of aromatic nitrogens is 1. The summed E-state index contributed by atoms with van der Waals surface area (Å²) in [5, 5.41) is 3.18. The van der Waals surface area contributed by atoms with E-state index in [1.165, 1.54) is 6.07 Å². The highest BCUT2D eigenvalue weighted by atomic mass is 35.5. The zero-order chi connectivity index (χ0) is 31.6. The summed E-state index contributed by atoms with van der Waals surface area (Å²) in [5.41, 5.74) is 1.48. The van der Waals surface area contributed by atoms with Crippen molar-refractivity contribution < 1.29 is 36.7 Å². The van der Waals surface area contributed by atoms with Gasteiger partial charge in [-0.05, 0) is 68.0 Å². The number of fused-ring (bicyclic) bond motifs is 1. The van der Waals surface area contributed by atoms with E-state index in [2.05, 4.69) is 10.3 Å². The third-order valence-electron chi connectivity index (χ3n) is 7.77. The molecule has 46 heavy (non-hydrogen) atoms. The molecular weight excluding hydrogens is 623 g/mol. The van der Waals surface area contributed by atoms with Crippen molar-refractivity contribution in [2.45, 2.75) is 70.0 Å². The highest BCUT2D eigenvalue weighted by Crippen LogP contribution is 2.34. The van der Waals surface area contributed by atoms with Crippen LogP contribution in [0.15, 0.2) is 83.3 Å². The molecule has 0 saturated carbocycles. The van der Waals surface area contributed by atoms with Gasteiger partial charge in [-0.3, -0.25) is 4.79 Å². The van der Waals surface area contributed by atoms with Crippen LogP contribution in [-0.2, 0) is 38.5 Å². The summed E-state index contributed by atoms with van der Waals surface area (Å²) in [5.74, 6) is -0.518. The molecule has 0 amide bonds. The number of carbonyl (C=O) groups is 2. The fourth-order valence-corrected chi connectivity index (χ4v) is 5.33. The Morgan fingerprint density at radius 1 is 0.848 bits per heavy atom. The summed E-state index contributed by atoms with van der Waals surface area (Å²) in [6, 6.07) is 21.7. The van der Waals surface area contributed by atoms with E-state index in [0.717, 1.165) is 61.9 Å². The monoisotopic (exact) mass is 659 g/mol. The average molecular weight is 660 g/mol. The van der Waals surface area contributed by atoms with E-state index in [9.17, 15) is 22.8 Å². The molecule has 2 saturated heterocycles. The van der Waals surface area contributed by atoms with E-state index >= 15 is 0 Å². The molecule has 2 aliphatic heterocycles. The summed E-state index contributed by atoms with van der Waals surface area (Å²) in [6.45, 7) is 1.97. The van der Waals surface area contributed by atoms with Crippen LogP contribution >= 0.6 is 12.4 Å². The quantitative estimate of drug-likeness (QED) is 0.208. The highest BCUT2D eigenvalue weighted by Gasteiger charge is 2.34. The van der Waals surface area contributed by atoms with Crippen molar-refractivity contribution in [2.24, 2.45) is 0 Å². The second-order valence-corrected chi connectivity index (χ2v) is 11.1. The first-order chi connectivity index (χ1) is 21.8. The largest absolute Gasteiger partial charge is 0.460 e. The standard InChI is InChI=1S/C21H19F3N2O3.C13H17NO2.ClH/c22-21(23,24)15-9-10-18-16(12-15)25-20(29-18)26-11-5-4-8-17(26)19(27)28-13-14-6-2-1-3-7-14;15-13(12-8-4-5-9-14-12)16-10-11-6-2-1-3-7-11;/h1-3,6-7,9-10,12,17H,4-5,8,11,13H2;1-3,6-7,12,14H,4-5,8-10H2;1H/t17-;12-;/m00./s1. The van der Waals surface area contributed by atoms with Crippen LogP contribution in [0.25, 0.3) is 11.1 Å². The minimum Gasteiger partial charge on any atom is -0.460 e. The second kappa shape index (κ2) is 16.5. The Balaban J connectivity index is 0.000000240. The molecule has 2 aliphatic rings. The highest BCUT2D eigenvalue weighted by molar-refractivity contribution is 5.85. The van der Waals surface area contributed by atoms with E-state index in [0.29, 0.717) is 19.6 Å². The van der Waals surface area contributed by atoms with Gasteiger partial charge in [0.1, 0.15) is 30.8 Å². The predicted molar refractivity (Wildman–Crippen MR) is 169 cm³/mol. The maximum absolute atomic E-state index is 12.9. The van der Waals surface area contributed by atoms with Crippen LogP contribution in [0.1, 0.15) is 55.2 Å². The number of alkyl halides is 3. The van der Waals surface area contributed by atoms with Gasteiger partial charge in [0.25, 0.3) is 6.01 Å². The topological polar surface area (TPSA) is 93.9 Å². The van der Waals surface area contributed by atoms with E-state index < -0.39 is 23.8 Å². The van der Waals surface area contributed by atoms with E-state index in [4.69, 9.17) is 13.9 Å². The van der Waals surface area contributed by atoms with Gasteiger partial charge in [-0.1, -0.05) is 67.1 Å². The van der Waals surface area contributed by atoms with Crippen LogP contribution in [-0.4, -0.2) is 42.1 Å². The first-order valence-electron chi connectivity index (χ1n) is 15.2. The van der Waals surface area contributed by atoms with Gasteiger partial charge in [-0.25, -0.2) is 4.79 Å². The van der Waals surface area contributed by atoms with Crippen molar-refractivity contribution >= 4 is 41.5 Å². The lowest BCUT2D eigenvalue weighted by Crippen LogP contribution is -2.45. The first-order valence-corrected chi connectivity index (χ1v) is 15.2. The van der Waals surface area contributed by atoms with Gasteiger partial charge in [0.05, 0.1) is 5.56 Å². The van der Waals surface area contributed by atoms with E-state index in [1.54, 1.807) is 4.90 Å². The maximum atomic E-state index is 12.9. The van der Waals surface area contributed by atoms with Crippen LogP contribution in [0.3, 0.4) is 0 Å². The second-order valence-electron chi connectivity index (χ2n) is 11.1. The number of halogens is 4. The molecule has 2 fully saturated rings. The SMILES string of the molecule is Cl.O=C(OCc1ccccc1)[C@@H]1CCCCN1.O=C(OCc1ccccc1)[C@@H]1CCCCN1c1nc2cc(C(F)(F)F)ccc2o1. The van der Waals surface area contributed by atoms with Crippen molar-refractivity contribution in [1.82, 2.24) is 10.3 Å². The maximum Gasteiger partial charge on any atom is 0.416 e. The van der Waals surface area contributed by atoms with E-state index in [1.807, 2.05) is 60.7 Å². The number of esters is 2. The summed E-state index contributed by atoms with van der Waals surface area (Å²) in [4.78, 5) is 30.3. The summed E-state index contributed by atoms with van der Waals surface area (Å²) >= 11 is 0. The van der Waals surface area contributed by atoms with Crippen molar-refractivity contribution in [3.8, 4) is 0 Å². The Hall–Kier alpha value is -4.09. The van der Waals surface area contributed by atoms with E-state index in [-0.39, 0.29) is 48.1 Å². The number of benzene rings is 3. The lowest BCUT2D eigenvalue weighted by molar-refractivity contribution is -0.148. The Morgan fingerprint density at radius 3 is 2.09 bits per heavy atom. The average Bonchev–Trinajstić information content (AvgIpc) is 3.51. The Bertz CT molecular complexity index is 1550. The van der Waals surface area contributed by atoms with Gasteiger partial charge < -0.3 is 24.1 Å². The number of hydrogen-bond donors (Lipinski definition) is 1. The number of ether oxygens (including phenoxy) is 2. The lowest BCUT2D eigenvalue weighted by atomic mass is 10.0. The van der Waals surface area contributed by atoms with Gasteiger partial charge >= 0.3 is 18.1 Å². The van der Waals surface area contributed by atoms with Gasteiger partial charge in [0, 0.05) is 6.54 Å². The molecule has 0 spiro atoms. The third-order valence-corrected chi connectivity index (χ3v) is 7.77. The number of anilines is 1. The van der Waals surface area contributed by atoms with Crippen molar-refractivity contribution in [1.29, 1.82) is 0 Å². The molecule has 0 aliphatic carbocycles. The number of oxazole rings is 1. The Kier molecular flexibility index (Phi) is 12.4. The normalized spacial score (nSPS) is 18.1. The Morgan fingerprint density at radius 2 is 1.48 bits per heavy atom. The summed E-state index contributed by atoms with van der Waals surface area (Å²) in [6.07, 6.45) is 0.950. The summed E-state index contributed by atoms with van der Waals surface area (Å²) < 4.78 is 55.2. The number of nitrogens with one attached hydrogen (secondary N) is 1. The van der Waals surface area contributed by atoms with Crippen LogP contribution in [0, 0.1) is 0 Å².